The maximum absolute atomic E-state index is 13.5. The molecule has 2 aliphatic heterocycles. The molecular formula is C26H29Cl2N5O2S. The Morgan fingerprint density at radius 1 is 1.22 bits per heavy atom. The lowest BCUT2D eigenvalue weighted by Crippen LogP contribution is -2.60. The molecule has 2 saturated heterocycles. The van der Waals surface area contributed by atoms with Gasteiger partial charge in [0.05, 0.1) is 33.4 Å². The van der Waals surface area contributed by atoms with Gasteiger partial charge in [-0.25, -0.2) is 4.79 Å². The number of hydrogen-bond donors (Lipinski definition) is 2. The summed E-state index contributed by atoms with van der Waals surface area (Å²) in [4.78, 5) is 30.0. The van der Waals surface area contributed by atoms with Gasteiger partial charge < -0.3 is 15.1 Å². The van der Waals surface area contributed by atoms with Gasteiger partial charge in [-0.2, -0.15) is 17.0 Å². The van der Waals surface area contributed by atoms with Crippen molar-refractivity contribution in [3.63, 3.8) is 0 Å². The van der Waals surface area contributed by atoms with Gasteiger partial charge in [0.2, 0.25) is 5.91 Å². The fraction of sp³-hybridized carbons (Fsp3) is 0.423. The van der Waals surface area contributed by atoms with E-state index >= 15 is 0 Å². The van der Waals surface area contributed by atoms with Crippen LogP contribution in [0.3, 0.4) is 0 Å². The van der Waals surface area contributed by atoms with E-state index < -0.39 is 5.66 Å². The Labute approximate surface area is 226 Å². The zero-order valence-electron chi connectivity index (χ0n) is 20.1. The summed E-state index contributed by atoms with van der Waals surface area (Å²) in [6.07, 6.45) is 4.00. The van der Waals surface area contributed by atoms with Gasteiger partial charge in [-0.05, 0) is 47.8 Å². The highest BCUT2D eigenvalue weighted by molar-refractivity contribution is 7.98. The summed E-state index contributed by atoms with van der Waals surface area (Å²) >= 11 is 13.8. The van der Waals surface area contributed by atoms with Gasteiger partial charge in [0.15, 0.2) is 0 Å². The molecule has 0 aliphatic carbocycles. The Kier molecular flexibility index (Phi) is 8.68. The Morgan fingerprint density at radius 2 is 1.97 bits per heavy atom. The summed E-state index contributed by atoms with van der Waals surface area (Å²) in [7, 11) is 0. The van der Waals surface area contributed by atoms with Crippen molar-refractivity contribution in [1.29, 1.82) is 5.26 Å². The maximum atomic E-state index is 13.5. The first kappa shape index (κ1) is 26.6. The molecule has 0 saturated carbocycles. The van der Waals surface area contributed by atoms with Crippen LogP contribution in [-0.4, -0.2) is 58.5 Å². The van der Waals surface area contributed by atoms with Crippen LogP contribution < -0.4 is 10.6 Å². The van der Waals surface area contributed by atoms with Crippen molar-refractivity contribution in [2.75, 3.05) is 25.1 Å². The number of hydrogen-bond acceptors (Lipinski definition) is 5. The van der Waals surface area contributed by atoms with Crippen molar-refractivity contribution in [2.24, 2.45) is 0 Å². The molecule has 2 aromatic carbocycles. The molecule has 1 unspecified atom stereocenters. The fourth-order valence-electron chi connectivity index (χ4n) is 4.89. The van der Waals surface area contributed by atoms with Crippen molar-refractivity contribution in [3.05, 3.63) is 69.2 Å². The minimum Gasteiger partial charge on any atom is -0.334 e. The number of nitriles is 1. The topological polar surface area (TPSA) is 88.5 Å². The van der Waals surface area contributed by atoms with Gasteiger partial charge in [-0.1, -0.05) is 47.5 Å². The van der Waals surface area contributed by atoms with E-state index in [4.69, 9.17) is 23.2 Å². The minimum atomic E-state index is -0.538. The Balaban J connectivity index is 1.44. The first-order valence-corrected chi connectivity index (χ1v) is 14.0. The molecule has 36 heavy (non-hydrogen) atoms. The third kappa shape index (κ3) is 5.76. The minimum absolute atomic E-state index is 0.0642. The standard InChI is InChI=1S/C26H29Cl2N5O2S/c1-36-13-8-23-24(34)33(17-20-5-3-2-4-19(20)15-29)26(31-23)9-11-32(12-10-26)25(35)30-16-18-6-7-21(27)22(28)14-18/h2-7,14,23,31H,8-13,16-17H2,1H3,(H,30,35). The second-order valence-electron chi connectivity index (χ2n) is 9.10. The number of nitrogens with zero attached hydrogens (tertiary/aromatic N) is 3. The molecule has 190 valence electrons. The van der Waals surface area contributed by atoms with Crippen LogP contribution in [0.25, 0.3) is 0 Å². The number of carbonyl (C=O) groups is 2. The number of benzene rings is 2. The molecular weight excluding hydrogens is 517 g/mol. The lowest BCUT2D eigenvalue weighted by atomic mass is 9.95. The zero-order valence-corrected chi connectivity index (χ0v) is 22.4. The molecule has 2 aliphatic rings. The van der Waals surface area contributed by atoms with Crippen molar-refractivity contribution in [1.82, 2.24) is 20.4 Å². The van der Waals surface area contributed by atoms with Gasteiger partial charge in [-0.3, -0.25) is 10.1 Å². The summed E-state index contributed by atoms with van der Waals surface area (Å²) < 4.78 is 0. The summed E-state index contributed by atoms with van der Waals surface area (Å²) in [5, 5.41) is 17.1. The highest BCUT2D eigenvalue weighted by atomic mass is 35.5. The lowest BCUT2D eigenvalue weighted by molar-refractivity contribution is -0.134. The number of amides is 3. The second kappa shape index (κ2) is 11.7. The number of urea groups is 1. The van der Waals surface area contributed by atoms with Gasteiger partial charge in [0.1, 0.15) is 0 Å². The maximum Gasteiger partial charge on any atom is 0.317 e. The van der Waals surface area contributed by atoms with E-state index in [0.717, 1.165) is 23.3 Å². The molecule has 7 nitrogen and oxygen atoms in total. The summed E-state index contributed by atoms with van der Waals surface area (Å²) in [5.41, 5.74) is 1.74. The van der Waals surface area contributed by atoms with Crippen LogP contribution in [0.1, 0.15) is 36.0 Å². The molecule has 2 heterocycles. The average molecular weight is 547 g/mol. The summed E-state index contributed by atoms with van der Waals surface area (Å²) in [6.45, 7) is 1.75. The largest absolute Gasteiger partial charge is 0.334 e. The number of halogens is 2. The van der Waals surface area contributed by atoms with Crippen molar-refractivity contribution in [2.45, 2.75) is 44.1 Å². The number of carbonyl (C=O) groups excluding carboxylic acids is 2. The highest BCUT2D eigenvalue weighted by Crippen LogP contribution is 2.35. The molecule has 2 N–H and O–H groups in total. The third-order valence-electron chi connectivity index (χ3n) is 6.91. The Hall–Kier alpha value is -2.44. The Morgan fingerprint density at radius 3 is 2.67 bits per heavy atom. The molecule has 0 radical (unpaired) electrons. The van der Waals surface area contributed by atoms with Crippen molar-refractivity contribution in [3.8, 4) is 6.07 Å². The van der Waals surface area contributed by atoms with E-state index in [2.05, 4.69) is 16.7 Å². The van der Waals surface area contributed by atoms with Crippen molar-refractivity contribution < 1.29 is 9.59 Å². The van der Waals surface area contributed by atoms with E-state index in [-0.39, 0.29) is 18.0 Å². The smallest absolute Gasteiger partial charge is 0.317 e. The lowest BCUT2D eigenvalue weighted by Gasteiger charge is -2.44. The fourth-order valence-corrected chi connectivity index (χ4v) is 5.69. The van der Waals surface area contributed by atoms with Crippen LogP contribution in [0.5, 0.6) is 0 Å². The highest BCUT2D eigenvalue weighted by Gasteiger charge is 2.51. The van der Waals surface area contributed by atoms with Gasteiger partial charge in [0.25, 0.3) is 0 Å². The third-order valence-corrected chi connectivity index (χ3v) is 8.29. The predicted molar refractivity (Wildman–Crippen MR) is 144 cm³/mol. The first-order chi connectivity index (χ1) is 17.4. The van der Waals surface area contributed by atoms with Gasteiger partial charge in [-0.15, -0.1) is 0 Å². The van der Waals surface area contributed by atoms with Crippen LogP contribution in [0, 0.1) is 11.3 Å². The molecule has 2 aromatic rings. The number of likely N-dealkylation sites (tertiary alicyclic amines) is 1. The zero-order chi connectivity index (χ0) is 25.7. The van der Waals surface area contributed by atoms with Crippen LogP contribution in [0.2, 0.25) is 10.0 Å². The van der Waals surface area contributed by atoms with E-state index in [9.17, 15) is 14.9 Å². The van der Waals surface area contributed by atoms with E-state index in [1.807, 2.05) is 35.4 Å². The molecule has 0 aromatic heterocycles. The number of rotatable bonds is 7. The van der Waals surface area contributed by atoms with Crippen LogP contribution in [0.4, 0.5) is 4.79 Å². The molecule has 1 spiro atoms. The van der Waals surface area contributed by atoms with E-state index in [0.29, 0.717) is 54.6 Å². The molecule has 4 rings (SSSR count). The number of thioether (sulfide) groups is 1. The first-order valence-electron chi connectivity index (χ1n) is 11.9. The van der Waals surface area contributed by atoms with Gasteiger partial charge in [0, 0.05) is 39.0 Å². The Bertz CT molecular complexity index is 1160. The molecule has 0 bridgehead atoms. The number of nitrogens with one attached hydrogen (secondary N) is 2. The van der Waals surface area contributed by atoms with Crippen LogP contribution in [0.15, 0.2) is 42.5 Å². The van der Waals surface area contributed by atoms with E-state index in [1.165, 1.54) is 0 Å². The monoisotopic (exact) mass is 545 g/mol. The molecule has 10 heteroatoms. The van der Waals surface area contributed by atoms with Crippen LogP contribution >= 0.6 is 35.0 Å². The quantitative estimate of drug-likeness (QED) is 0.529. The molecule has 2 fully saturated rings. The number of piperidine rings is 1. The molecule has 1 atom stereocenters. The summed E-state index contributed by atoms with van der Waals surface area (Å²) in [5.74, 6) is 0.944. The van der Waals surface area contributed by atoms with Crippen molar-refractivity contribution >= 4 is 46.9 Å². The van der Waals surface area contributed by atoms with Gasteiger partial charge >= 0.3 is 6.03 Å². The van der Waals surface area contributed by atoms with Crippen LogP contribution in [-0.2, 0) is 17.9 Å². The summed E-state index contributed by atoms with van der Waals surface area (Å²) in [6, 6.07) is 14.5. The molecule has 3 amide bonds. The average Bonchev–Trinajstić information content (AvgIpc) is 3.14. The van der Waals surface area contributed by atoms with E-state index in [1.54, 1.807) is 34.9 Å². The second-order valence-corrected chi connectivity index (χ2v) is 10.9. The predicted octanol–water partition coefficient (Wildman–Crippen LogP) is 4.62. The normalized spacial score (nSPS) is 18.9. The SMILES string of the molecule is CSCCC1NC2(CCN(C(=O)NCc3ccc(Cl)c(Cl)c3)CC2)N(Cc2ccccc2C#N)C1=O.